The fourth-order valence-corrected chi connectivity index (χ4v) is 2.10. The Morgan fingerprint density at radius 2 is 1.78 bits per heavy atom. The van der Waals surface area contributed by atoms with Crippen molar-refractivity contribution in [2.45, 2.75) is 19.4 Å². The van der Waals surface area contributed by atoms with Crippen LogP contribution in [0.5, 0.6) is 5.75 Å². The highest BCUT2D eigenvalue weighted by Crippen LogP contribution is 2.26. The molecule has 0 aliphatic heterocycles. The third kappa shape index (κ3) is 3.18. The van der Waals surface area contributed by atoms with Crippen molar-refractivity contribution >= 4 is 23.2 Å². The molecule has 1 nitrogen and oxygen atoms in total. The lowest BCUT2D eigenvalue weighted by Gasteiger charge is -2.12. The summed E-state index contributed by atoms with van der Waals surface area (Å²) in [5.74, 6) is 1.33. The van der Waals surface area contributed by atoms with Crippen LogP contribution in [-0.4, -0.2) is 0 Å². The summed E-state index contributed by atoms with van der Waals surface area (Å²) in [6.45, 7) is 2.54. The Balaban J connectivity index is 2.12. The smallest absolute Gasteiger partial charge is 0.127 e. The van der Waals surface area contributed by atoms with E-state index in [-0.39, 0.29) is 0 Å². The predicted molar refractivity (Wildman–Crippen MR) is 76.5 cm³/mol. The van der Waals surface area contributed by atoms with Crippen LogP contribution in [0.2, 0.25) is 5.02 Å². The first kappa shape index (κ1) is 13.3. The first-order chi connectivity index (χ1) is 8.70. The van der Waals surface area contributed by atoms with Gasteiger partial charge < -0.3 is 4.74 Å². The Morgan fingerprint density at radius 3 is 2.44 bits per heavy atom. The highest BCUT2D eigenvalue weighted by atomic mass is 35.5. The lowest BCUT2D eigenvalue weighted by molar-refractivity contribution is 0.301. The Kier molecular flexibility index (Phi) is 4.51. The molecule has 2 rings (SSSR count). The zero-order valence-corrected chi connectivity index (χ0v) is 11.6. The third-order valence-electron chi connectivity index (χ3n) is 2.73. The predicted octanol–water partition coefficient (Wildman–Crippen LogP) is 4.97. The molecule has 0 aliphatic carbocycles. The normalized spacial score (nSPS) is 10.4. The Hall–Kier alpha value is -1.18. The van der Waals surface area contributed by atoms with Crippen molar-refractivity contribution < 1.29 is 4.74 Å². The molecule has 0 atom stereocenters. The Labute approximate surface area is 117 Å². The van der Waals surface area contributed by atoms with Crippen molar-refractivity contribution in [2.75, 3.05) is 0 Å². The zero-order chi connectivity index (χ0) is 13.0. The zero-order valence-electron chi connectivity index (χ0n) is 10.1. The van der Waals surface area contributed by atoms with Gasteiger partial charge in [0.15, 0.2) is 0 Å². The molecule has 0 radical (unpaired) electrons. The van der Waals surface area contributed by atoms with Crippen LogP contribution < -0.4 is 4.74 Å². The van der Waals surface area contributed by atoms with Gasteiger partial charge in [-0.3, -0.25) is 0 Å². The van der Waals surface area contributed by atoms with Crippen molar-refractivity contribution in [1.82, 2.24) is 0 Å². The molecule has 0 saturated carbocycles. The van der Waals surface area contributed by atoms with Gasteiger partial charge in [-0.2, -0.15) is 0 Å². The molecule has 0 saturated heterocycles. The van der Waals surface area contributed by atoms with E-state index >= 15 is 0 Å². The van der Waals surface area contributed by atoms with Gasteiger partial charge in [0, 0.05) is 10.6 Å². The van der Waals surface area contributed by atoms with E-state index in [1.807, 2.05) is 49.4 Å². The summed E-state index contributed by atoms with van der Waals surface area (Å²) in [6.07, 6.45) is 0. The van der Waals surface area contributed by atoms with Gasteiger partial charge in [-0.1, -0.05) is 41.9 Å². The van der Waals surface area contributed by atoms with E-state index < -0.39 is 0 Å². The van der Waals surface area contributed by atoms with Gasteiger partial charge in [0.1, 0.15) is 12.4 Å². The Bertz CT molecular complexity index is 521. The fraction of sp³-hybridized carbons (Fsp3) is 0.200. The van der Waals surface area contributed by atoms with Gasteiger partial charge in [-0.05, 0) is 30.2 Å². The summed E-state index contributed by atoms with van der Waals surface area (Å²) in [6, 6.07) is 13.6. The van der Waals surface area contributed by atoms with Crippen LogP contribution >= 0.6 is 23.2 Å². The molecule has 0 amide bonds. The topological polar surface area (TPSA) is 9.23 Å². The molecule has 0 spiro atoms. The lowest BCUT2D eigenvalue weighted by atomic mass is 10.1. The standard InChI is InChI=1S/C15H14Cl2O/c1-11-3-2-4-13(9-16)15(11)18-10-12-5-7-14(17)8-6-12/h2-8H,9-10H2,1H3. The molecule has 2 aromatic carbocycles. The quantitative estimate of drug-likeness (QED) is 0.719. The van der Waals surface area contributed by atoms with Gasteiger partial charge >= 0.3 is 0 Å². The molecule has 94 valence electrons. The molecule has 0 unspecified atom stereocenters. The molecule has 3 heteroatoms. The van der Waals surface area contributed by atoms with Crippen LogP contribution in [0.4, 0.5) is 0 Å². The number of halogens is 2. The van der Waals surface area contributed by atoms with Gasteiger partial charge in [-0.25, -0.2) is 0 Å². The highest BCUT2D eigenvalue weighted by Gasteiger charge is 2.06. The average molecular weight is 281 g/mol. The number of hydrogen-bond acceptors (Lipinski definition) is 1. The van der Waals surface area contributed by atoms with E-state index in [4.69, 9.17) is 27.9 Å². The molecule has 0 fully saturated rings. The largest absolute Gasteiger partial charge is 0.488 e. The van der Waals surface area contributed by atoms with Crippen LogP contribution in [0, 0.1) is 6.92 Å². The summed E-state index contributed by atoms with van der Waals surface area (Å²) in [5, 5.41) is 0.732. The van der Waals surface area contributed by atoms with Crippen LogP contribution in [0.3, 0.4) is 0 Å². The van der Waals surface area contributed by atoms with Crippen molar-refractivity contribution in [3.63, 3.8) is 0 Å². The minimum absolute atomic E-state index is 0.456. The van der Waals surface area contributed by atoms with Crippen LogP contribution in [0.15, 0.2) is 42.5 Å². The number of benzene rings is 2. The first-order valence-corrected chi connectivity index (χ1v) is 6.63. The second-order valence-electron chi connectivity index (χ2n) is 4.11. The number of rotatable bonds is 4. The summed E-state index contributed by atoms with van der Waals surface area (Å²) in [5.41, 5.74) is 3.20. The summed E-state index contributed by atoms with van der Waals surface area (Å²) >= 11 is 11.8. The van der Waals surface area contributed by atoms with Crippen molar-refractivity contribution in [3.8, 4) is 5.75 Å². The van der Waals surface area contributed by atoms with E-state index in [9.17, 15) is 0 Å². The Morgan fingerprint density at radius 1 is 1.06 bits per heavy atom. The molecule has 0 aliphatic rings. The van der Waals surface area contributed by atoms with E-state index in [1.165, 1.54) is 0 Å². The van der Waals surface area contributed by atoms with Crippen LogP contribution in [-0.2, 0) is 12.5 Å². The number of para-hydroxylation sites is 1. The van der Waals surface area contributed by atoms with E-state index in [0.717, 1.165) is 27.5 Å². The molecular formula is C15H14Cl2O. The maximum atomic E-state index is 5.91. The minimum atomic E-state index is 0.456. The maximum absolute atomic E-state index is 5.91. The minimum Gasteiger partial charge on any atom is -0.488 e. The van der Waals surface area contributed by atoms with Gasteiger partial charge in [0.2, 0.25) is 0 Å². The number of aryl methyl sites for hydroxylation is 1. The summed E-state index contributed by atoms with van der Waals surface area (Å²) in [4.78, 5) is 0. The number of alkyl halides is 1. The van der Waals surface area contributed by atoms with Crippen LogP contribution in [0.1, 0.15) is 16.7 Å². The molecule has 0 N–H and O–H groups in total. The lowest BCUT2D eigenvalue weighted by Crippen LogP contribution is -1.99. The molecule has 18 heavy (non-hydrogen) atoms. The molecule has 2 aromatic rings. The average Bonchev–Trinajstić information content (AvgIpc) is 2.39. The van der Waals surface area contributed by atoms with Crippen LogP contribution in [0.25, 0.3) is 0 Å². The van der Waals surface area contributed by atoms with Crippen molar-refractivity contribution in [3.05, 3.63) is 64.2 Å². The maximum Gasteiger partial charge on any atom is 0.127 e. The van der Waals surface area contributed by atoms with Gasteiger partial charge in [-0.15, -0.1) is 11.6 Å². The van der Waals surface area contributed by atoms with Crippen molar-refractivity contribution in [1.29, 1.82) is 0 Å². The highest BCUT2D eigenvalue weighted by molar-refractivity contribution is 6.30. The summed E-state index contributed by atoms with van der Waals surface area (Å²) < 4.78 is 5.86. The monoisotopic (exact) mass is 280 g/mol. The SMILES string of the molecule is Cc1cccc(CCl)c1OCc1ccc(Cl)cc1. The first-order valence-electron chi connectivity index (χ1n) is 5.72. The number of hydrogen-bond donors (Lipinski definition) is 0. The second kappa shape index (κ2) is 6.12. The molecule has 0 bridgehead atoms. The molecule has 0 aromatic heterocycles. The summed E-state index contributed by atoms with van der Waals surface area (Å²) in [7, 11) is 0. The third-order valence-corrected chi connectivity index (χ3v) is 3.27. The fourth-order valence-electron chi connectivity index (χ4n) is 1.76. The second-order valence-corrected chi connectivity index (χ2v) is 4.82. The van der Waals surface area contributed by atoms with E-state index in [2.05, 4.69) is 0 Å². The van der Waals surface area contributed by atoms with Gasteiger partial charge in [0.25, 0.3) is 0 Å². The van der Waals surface area contributed by atoms with Crippen molar-refractivity contribution in [2.24, 2.45) is 0 Å². The van der Waals surface area contributed by atoms with E-state index in [0.29, 0.717) is 12.5 Å². The molecular weight excluding hydrogens is 267 g/mol. The van der Waals surface area contributed by atoms with Gasteiger partial charge in [0.05, 0.1) is 5.88 Å². The molecule has 0 heterocycles. The number of ether oxygens (including phenoxy) is 1. The van der Waals surface area contributed by atoms with E-state index in [1.54, 1.807) is 0 Å².